The van der Waals surface area contributed by atoms with Crippen molar-refractivity contribution in [2.75, 3.05) is 16.8 Å². The summed E-state index contributed by atoms with van der Waals surface area (Å²) in [4.78, 5) is 8.75. The van der Waals surface area contributed by atoms with Crippen LogP contribution in [0.5, 0.6) is 0 Å². The molecule has 8 nitrogen and oxygen atoms in total. The molecular formula is C22H17FN8. The average Bonchev–Trinajstić information content (AvgIpc) is 2.75. The van der Waals surface area contributed by atoms with E-state index in [1.165, 1.54) is 6.07 Å². The fourth-order valence-electron chi connectivity index (χ4n) is 3.45. The molecule has 9 heteroatoms. The number of hydrogen-bond donors (Lipinski definition) is 4. The molecule has 1 aliphatic rings. The Balaban J connectivity index is 1.81. The predicted molar refractivity (Wildman–Crippen MR) is 116 cm³/mol. The number of nitrogen functional groups attached to an aromatic ring is 2. The van der Waals surface area contributed by atoms with Crippen LogP contribution in [0.1, 0.15) is 28.3 Å². The summed E-state index contributed by atoms with van der Waals surface area (Å²) in [6.07, 6.45) is 1.81. The molecular weight excluding hydrogens is 395 g/mol. The van der Waals surface area contributed by atoms with Crippen LogP contribution in [0.3, 0.4) is 0 Å². The van der Waals surface area contributed by atoms with E-state index >= 15 is 0 Å². The molecule has 0 amide bonds. The number of rotatable bonds is 2. The van der Waals surface area contributed by atoms with Gasteiger partial charge < -0.3 is 16.8 Å². The van der Waals surface area contributed by atoms with E-state index in [4.69, 9.17) is 16.7 Å². The van der Waals surface area contributed by atoms with Crippen molar-refractivity contribution in [2.45, 2.75) is 13.0 Å². The number of aryl methyl sites for hydroxylation is 1. The third-order valence-electron chi connectivity index (χ3n) is 5.09. The van der Waals surface area contributed by atoms with Crippen LogP contribution in [0.25, 0.3) is 11.1 Å². The SMILES string of the molecule is Cc1ccc(-c2ccc(C3N=C(NC#N)Nc4nc(N)c(C#N)c(N)c43)cc2)cc1F. The normalized spacial score (nSPS) is 14.5. The number of halogens is 1. The van der Waals surface area contributed by atoms with Gasteiger partial charge in [0.05, 0.1) is 5.69 Å². The van der Waals surface area contributed by atoms with Crippen molar-refractivity contribution < 1.29 is 4.39 Å². The fraction of sp³-hybridized carbons (Fsp3) is 0.0909. The molecule has 0 spiro atoms. The number of nitrogens with one attached hydrogen (secondary N) is 2. The van der Waals surface area contributed by atoms with Crippen LogP contribution in [0.15, 0.2) is 47.5 Å². The van der Waals surface area contributed by atoms with E-state index in [1.54, 1.807) is 13.0 Å². The summed E-state index contributed by atoms with van der Waals surface area (Å²) in [5.41, 5.74) is 15.7. The molecule has 4 rings (SSSR count). The zero-order valence-corrected chi connectivity index (χ0v) is 16.4. The lowest BCUT2D eigenvalue weighted by molar-refractivity contribution is 0.619. The molecule has 2 heterocycles. The lowest BCUT2D eigenvalue weighted by Gasteiger charge is -2.26. The Bertz CT molecular complexity index is 1300. The van der Waals surface area contributed by atoms with Crippen molar-refractivity contribution in [2.24, 2.45) is 4.99 Å². The molecule has 6 N–H and O–H groups in total. The van der Waals surface area contributed by atoms with Crippen LogP contribution in [0, 0.1) is 35.5 Å². The lowest BCUT2D eigenvalue weighted by atomic mass is 9.93. The van der Waals surface area contributed by atoms with E-state index in [1.807, 2.05) is 42.6 Å². The highest BCUT2D eigenvalue weighted by Crippen LogP contribution is 2.40. The zero-order valence-electron chi connectivity index (χ0n) is 16.4. The van der Waals surface area contributed by atoms with E-state index in [0.717, 1.165) is 16.7 Å². The van der Waals surface area contributed by atoms with Gasteiger partial charge in [0, 0.05) is 5.56 Å². The minimum atomic E-state index is -0.629. The number of pyridine rings is 1. The number of nitriles is 2. The summed E-state index contributed by atoms with van der Waals surface area (Å²) in [6.45, 7) is 1.71. The predicted octanol–water partition coefficient (Wildman–Crippen LogP) is 3.17. The van der Waals surface area contributed by atoms with Gasteiger partial charge in [0.2, 0.25) is 5.96 Å². The highest BCUT2D eigenvalue weighted by atomic mass is 19.1. The molecule has 1 aromatic heterocycles. The third-order valence-corrected chi connectivity index (χ3v) is 5.09. The van der Waals surface area contributed by atoms with Crippen LogP contribution in [-0.2, 0) is 0 Å². The second-order valence-electron chi connectivity index (χ2n) is 6.99. The van der Waals surface area contributed by atoms with Gasteiger partial charge in [-0.25, -0.2) is 14.4 Å². The number of nitrogens with two attached hydrogens (primary N) is 2. The van der Waals surface area contributed by atoms with Gasteiger partial charge in [-0.05, 0) is 35.2 Å². The third kappa shape index (κ3) is 3.45. The number of aromatic nitrogens is 1. The highest BCUT2D eigenvalue weighted by molar-refractivity contribution is 5.98. The Kier molecular flexibility index (Phi) is 4.86. The molecule has 0 bridgehead atoms. The van der Waals surface area contributed by atoms with Crippen molar-refractivity contribution >= 4 is 23.3 Å². The Morgan fingerprint density at radius 3 is 2.45 bits per heavy atom. The van der Waals surface area contributed by atoms with Crippen molar-refractivity contribution in [3.8, 4) is 23.4 Å². The lowest BCUT2D eigenvalue weighted by Crippen LogP contribution is -2.32. The number of guanidine groups is 1. The molecule has 0 radical (unpaired) electrons. The van der Waals surface area contributed by atoms with Gasteiger partial charge in [-0.2, -0.15) is 10.5 Å². The molecule has 0 saturated heterocycles. The fourth-order valence-corrected chi connectivity index (χ4v) is 3.45. The number of hydrogen-bond acceptors (Lipinski definition) is 8. The number of benzene rings is 2. The molecule has 3 aromatic rings. The number of anilines is 3. The maximum atomic E-state index is 13.9. The van der Waals surface area contributed by atoms with E-state index in [9.17, 15) is 9.65 Å². The van der Waals surface area contributed by atoms with Gasteiger partial charge in [-0.3, -0.25) is 5.32 Å². The Hall–Kier alpha value is -4.63. The average molecular weight is 412 g/mol. The van der Waals surface area contributed by atoms with Gasteiger partial charge in [0.1, 0.15) is 35.1 Å². The highest BCUT2D eigenvalue weighted by Gasteiger charge is 2.29. The summed E-state index contributed by atoms with van der Waals surface area (Å²) in [7, 11) is 0. The van der Waals surface area contributed by atoms with Crippen molar-refractivity contribution in [1.29, 1.82) is 10.5 Å². The first-order valence-corrected chi connectivity index (χ1v) is 9.28. The largest absolute Gasteiger partial charge is 0.397 e. The first kappa shape index (κ1) is 19.7. The molecule has 1 aliphatic heterocycles. The minimum absolute atomic E-state index is 0.0139. The van der Waals surface area contributed by atoms with Crippen LogP contribution in [-0.4, -0.2) is 10.9 Å². The van der Waals surface area contributed by atoms with Crippen molar-refractivity contribution in [3.63, 3.8) is 0 Å². The smallest absolute Gasteiger partial charge is 0.211 e. The maximum Gasteiger partial charge on any atom is 0.211 e. The molecule has 1 unspecified atom stereocenters. The van der Waals surface area contributed by atoms with Gasteiger partial charge in [0.25, 0.3) is 0 Å². The van der Waals surface area contributed by atoms with Gasteiger partial charge >= 0.3 is 0 Å². The molecule has 1 atom stereocenters. The molecule has 31 heavy (non-hydrogen) atoms. The second kappa shape index (κ2) is 7.65. The Morgan fingerprint density at radius 2 is 1.81 bits per heavy atom. The summed E-state index contributed by atoms with van der Waals surface area (Å²) < 4.78 is 13.9. The van der Waals surface area contributed by atoms with Crippen LogP contribution < -0.4 is 22.1 Å². The molecule has 2 aromatic carbocycles. The zero-order chi connectivity index (χ0) is 22.1. The Morgan fingerprint density at radius 1 is 1.10 bits per heavy atom. The van der Waals surface area contributed by atoms with Crippen LogP contribution >= 0.6 is 0 Å². The van der Waals surface area contributed by atoms with Crippen molar-refractivity contribution in [1.82, 2.24) is 10.3 Å². The summed E-state index contributed by atoms with van der Waals surface area (Å²) in [5, 5.41) is 23.7. The topological polar surface area (TPSA) is 149 Å². The van der Waals surface area contributed by atoms with Gasteiger partial charge in [0.15, 0.2) is 6.19 Å². The second-order valence-corrected chi connectivity index (χ2v) is 6.99. The standard InChI is InChI=1S/C22H17FN8/c1-11-2-3-14(8-16(11)23)12-4-6-13(7-5-12)19-17-18(26)15(9-24)20(27)30-21(17)31-22(29-19)28-10-25/h2-8,19H,1H3,(H6,26,27,28,29,30,31). The van der Waals surface area contributed by atoms with Crippen molar-refractivity contribution in [3.05, 3.63) is 70.5 Å². The first-order chi connectivity index (χ1) is 14.9. The summed E-state index contributed by atoms with van der Waals surface area (Å²) in [5.74, 6) is 0.211. The minimum Gasteiger partial charge on any atom is -0.397 e. The van der Waals surface area contributed by atoms with E-state index in [2.05, 4.69) is 20.6 Å². The van der Waals surface area contributed by atoms with Gasteiger partial charge in [-0.1, -0.05) is 36.4 Å². The Labute approximate surface area is 177 Å². The number of fused-ring (bicyclic) bond motifs is 1. The van der Waals surface area contributed by atoms with E-state index in [0.29, 0.717) is 16.9 Å². The quantitative estimate of drug-likeness (QED) is 0.373. The monoisotopic (exact) mass is 412 g/mol. The summed E-state index contributed by atoms with van der Waals surface area (Å²) in [6, 6.07) is 13.8. The maximum absolute atomic E-state index is 13.9. The molecule has 152 valence electrons. The number of aliphatic imine (C=N–C) groups is 1. The van der Waals surface area contributed by atoms with Crippen LogP contribution in [0.4, 0.5) is 21.7 Å². The molecule has 0 saturated carbocycles. The van der Waals surface area contributed by atoms with Crippen LogP contribution in [0.2, 0.25) is 0 Å². The van der Waals surface area contributed by atoms with Gasteiger partial charge in [-0.15, -0.1) is 0 Å². The van der Waals surface area contributed by atoms with E-state index in [-0.39, 0.29) is 28.8 Å². The molecule has 0 fully saturated rings. The summed E-state index contributed by atoms with van der Waals surface area (Å²) >= 11 is 0. The molecule has 0 aliphatic carbocycles. The number of nitrogens with zero attached hydrogens (tertiary/aromatic N) is 4. The first-order valence-electron chi connectivity index (χ1n) is 9.28. The van der Waals surface area contributed by atoms with E-state index < -0.39 is 6.04 Å².